The predicted molar refractivity (Wildman–Crippen MR) is 121 cm³/mol. The number of benzene rings is 3. The molecule has 30 heavy (non-hydrogen) atoms. The molecule has 3 rings (SSSR count). The van der Waals surface area contributed by atoms with Gasteiger partial charge in [-0.05, 0) is 42.0 Å². The minimum Gasteiger partial charge on any atom is -0.488 e. The van der Waals surface area contributed by atoms with Gasteiger partial charge in [-0.2, -0.15) is 5.10 Å². The van der Waals surface area contributed by atoms with Gasteiger partial charge in [-0.15, -0.1) is 0 Å². The number of hydrazone groups is 1. The van der Waals surface area contributed by atoms with E-state index >= 15 is 0 Å². The summed E-state index contributed by atoms with van der Waals surface area (Å²) in [5.41, 5.74) is 5.19. The maximum Gasteiger partial charge on any atom is 0.271 e. The molecule has 0 aromatic heterocycles. The summed E-state index contributed by atoms with van der Waals surface area (Å²) >= 11 is 3.44. The average Bonchev–Trinajstić information content (AvgIpc) is 2.73. The summed E-state index contributed by atoms with van der Waals surface area (Å²) in [5, 5.41) is 6.70. The minimum absolute atomic E-state index is 0.205. The van der Waals surface area contributed by atoms with Crippen molar-refractivity contribution in [2.75, 3.05) is 5.32 Å². The number of nitrogens with zero attached hydrogens (tertiary/aromatic N) is 1. The summed E-state index contributed by atoms with van der Waals surface area (Å²) in [6, 6.07) is 22.0. The fourth-order valence-electron chi connectivity index (χ4n) is 2.65. The highest BCUT2D eigenvalue weighted by atomic mass is 79.9. The lowest BCUT2D eigenvalue weighted by Gasteiger charge is -2.10. The monoisotopic (exact) mass is 465 g/mol. The zero-order valence-electron chi connectivity index (χ0n) is 16.3. The highest BCUT2D eigenvalue weighted by Gasteiger charge is 2.07. The van der Waals surface area contributed by atoms with Crippen molar-refractivity contribution in [3.05, 3.63) is 94.0 Å². The Morgan fingerprint density at radius 2 is 1.83 bits per heavy atom. The van der Waals surface area contributed by atoms with Gasteiger partial charge in [-0.1, -0.05) is 52.3 Å². The van der Waals surface area contributed by atoms with Crippen molar-refractivity contribution in [1.82, 2.24) is 5.43 Å². The second-order valence-electron chi connectivity index (χ2n) is 6.42. The smallest absolute Gasteiger partial charge is 0.271 e. The Labute approximate surface area is 183 Å². The van der Waals surface area contributed by atoms with Crippen molar-refractivity contribution in [3.8, 4) is 5.75 Å². The van der Waals surface area contributed by atoms with Crippen molar-refractivity contribution < 1.29 is 14.3 Å². The van der Waals surface area contributed by atoms with Crippen LogP contribution in [0.3, 0.4) is 0 Å². The molecule has 0 atom stereocenters. The molecule has 0 saturated carbocycles. The topological polar surface area (TPSA) is 79.8 Å². The summed E-state index contributed by atoms with van der Waals surface area (Å²) in [6.07, 6.45) is 1.53. The lowest BCUT2D eigenvalue weighted by atomic mass is 10.2. The van der Waals surface area contributed by atoms with Gasteiger partial charge >= 0.3 is 0 Å². The van der Waals surface area contributed by atoms with Gasteiger partial charge in [0.15, 0.2) is 0 Å². The van der Waals surface area contributed by atoms with Gasteiger partial charge < -0.3 is 10.1 Å². The fraction of sp³-hybridized carbons (Fsp3) is 0.0870. The average molecular weight is 466 g/mol. The molecule has 0 radical (unpaired) electrons. The van der Waals surface area contributed by atoms with E-state index in [0.717, 1.165) is 10.0 Å². The third-order valence-corrected chi connectivity index (χ3v) is 4.52. The van der Waals surface area contributed by atoms with E-state index < -0.39 is 0 Å². The second kappa shape index (κ2) is 10.4. The van der Waals surface area contributed by atoms with E-state index in [9.17, 15) is 9.59 Å². The van der Waals surface area contributed by atoms with E-state index in [4.69, 9.17) is 4.74 Å². The van der Waals surface area contributed by atoms with E-state index in [1.807, 2.05) is 48.5 Å². The number of anilines is 1. The number of rotatable bonds is 7. The molecule has 2 N–H and O–H groups in total. The Kier molecular flexibility index (Phi) is 7.34. The van der Waals surface area contributed by atoms with E-state index in [-0.39, 0.29) is 11.8 Å². The first-order chi connectivity index (χ1) is 14.5. The van der Waals surface area contributed by atoms with E-state index in [1.54, 1.807) is 24.3 Å². The standard InChI is InChI=1S/C23H20BrN3O3/c1-16(28)26-21-9-5-8-18(13-21)23(29)27-25-14-19-12-20(24)10-11-22(19)30-15-17-6-3-2-4-7-17/h2-14H,15H2,1H3,(H,26,28)(H,27,29)/b25-14-. The van der Waals surface area contributed by atoms with Crippen LogP contribution >= 0.6 is 15.9 Å². The normalized spacial score (nSPS) is 10.6. The first kappa shape index (κ1) is 21.3. The third-order valence-electron chi connectivity index (χ3n) is 4.02. The number of amides is 2. The molecule has 0 heterocycles. The molecular weight excluding hydrogens is 446 g/mol. The van der Waals surface area contributed by atoms with Crippen LogP contribution in [0.5, 0.6) is 5.75 Å². The van der Waals surface area contributed by atoms with Crippen molar-refractivity contribution in [3.63, 3.8) is 0 Å². The predicted octanol–water partition coefficient (Wildman–Crippen LogP) is 4.75. The maximum atomic E-state index is 12.4. The van der Waals surface area contributed by atoms with Gasteiger partial charge in [-0.25, -0.2) is 5.43 Å². The highest BCUT2D eigenvalue weighted by Crippen LogP contribution is 2.23. The van der Waals surface area contributed by atoms with Crippen molar-refractivity contribution in [1.29, 1.82) is 0 Å². The van der Waals surface area contributed by atoms with Crippen LogP contribution in [0.4, 0.5) is 5.69 Å². The Morgan fingerprint density at radius 3 is 2.60 bits per heavy atom. The van der Waals surface area contributed by atoms with Gasteiger partial charge in [-0.3, -0.25) is 9.59 Å². The zero-order chi connectivity index (χ0) is 21.3. The van der Waals surface area contributed by atoms with Crippen molar-refractivity contribution in [2.24, 2.45) is 5.10 Å². The van der Waals surface area contributed by atoms with Crippen molar-refractivity contribution in [2.45, 2.75) is 13.5 Å². The zero-order valence-corrected chi connectivity index (χ0v) is 17.8. The summed E-state index contributed by atoms with van der Waals surface area (Å²) in [7, 11) is 0. The molecule has 0 unspecified atom stereocenters. The van der Waals surface area contributed by atoms with Gasteiger partial charge in [0, 0.05) is 28.2 Å². The molecule has 0 fully saturated rings. The van der Waals surface area contributed by atoms with Crippen molar-refractivity contribution >= 4 is 39.6 Å². The molecule has 152 valence electrons. The SMILES string of the molecule is CC(=O)Nc1cccc(C(=O)N/N=C\c2cc(Br)ccc2OCc2ccccc2)c1. The Morgan fingerprint density at radius 1 is 1.03 bits per heavy atom. The van der Waals surface area contributed by atoms with Crippen LogP contribution in [0.2, 0.25) is 0 Å². The quantitative estimate of drug-likeness (QED) is 0.390. The number of ether oxygens (including phenoxy) is 1. The molecule has 3 aromatic carbocycles. The number of hydrogen-bond donors (Lipinski definition) is 2. The molecule has 0 bridgehead atoms. The molecule has 6 nitrogen and oxygen atoms in total. The molecule has 7 heteroatoms. The van der Waals surface area contributed by atoms with Crippen LogP contribution in [0.1, 0.15) is 28.4 Å². The Bertz CT molecular complexity index is 1070. The van der Waals surface area contributed by atoms with Crippen LogP contribution in [0.25, 0.3) is 0 Å². The summed E-state index contributed by atoms with van der Waals surface area (Å²) in [6.45, 7) is 1.83. The summed E-state index contributed by atoms with van der Waals surface area (Å²) in [4.78, 5) is 23.5. The molecule has 0 aliphatic rings. The number of carbonyl (C=O) groups is 2. The molecular formula is C23H20BrN3O3. The van der Waals surface area contributed by atoms with Gasteiger partial charge in [0.25, 0.3) is 5.91 Å². The molecule has 2 amide bonds. The highest BCUT2D eigenvalue weighted by molar-refractivity contribution is 9.10. The molecule has 0 aliphatic heterocycles. The number of carbonyl (C=O) groups excluding carboxylic acids is 2. The lowest BCUT2D eigenvalue weighted by molar-refractivity contribution is -0.114. The molecule has 0 aliphatic carbocycles. The van der Waals surface area contributed by atoms with E-state index in [2.05, 4.69) is 31.8 Å². The van der Waals surface area contributed by atoms with Gasteiger partial charge in [0.1, 0.15) is 12.4 Å². The van der Waals surface area contributed by atoms with Crippen LogP contribution in [0.15, 0.2) is 82.4 Å². The second-order valence-corrected chi connectivity index (χ2v) is 7.33. The van der Waals surface area contributed by atoms with E-state index in [0.29, 0.717) is 29.2 Å². The summed E-state index contributed by atoms with van der Waals surface area (Å²) in [5.74, 6) is 0.0520. The largest absolute Gasteiger partial charge is 0.488 e. The lowest BCUT2D eigenvalue weighted by Crippen LogP contribution is -2.18. The van der Waals surface area contributed by atoms with Gasteiger partial charge in [0.05, 0.1) is 6.21 Å². The molecule has 3 aromatic rings. The van der Waals surface area contributed by atoms with E-state index in [1.165, 1.54) is 13.1 Å². The summed E-state index contributed by atoms with van der Waals surface area (Å²) < 4.78 is 6.77. The van der Waals surface area contributed by atoms with Gasteiger partial charge in [0.2, 0.25) is 5.91 Å². The van der Waals surface area contributed by atoms with Crippen LogP contribution in [-0.2, 0) is 11.4 Å². The molecule has 0 spiro atoms. The number of halogens is 1. The fourth-order valence-corrected chi connectivity index (χ4v) is 3.03. The van der Waals surface area contributed by atoms with Crippen LogP contribution in [0, 0.1) is 0 Å². The number of hydrogen-bond acceptors (Lipinski definition) is 4. The third kappa shape index (κ3) is 6.28. The van der Waals surface area contributed by atoms with Crippen LogP contribution in [-0.4, -0.2) is 18.0 Å². The molecule has 0 saturated heterocycles. The number of nitrogens with one attached hydrogen (secondary N) is 2. The first-order valence-electron chi connectivity index (χ1n) is 9.18. The van der Waals surface area contributed by atoms with Crippen LogP contribution < -0.4 is 15.5 Å². The maximum absolute atomic E-state index is 12.4. The minimum atomic E-state index is -0.389. The first-order valence-corrected chi connectivity index (χ1v) is 9.98. The Balaban J connectivity index is 1.67. The Hall–Kier alpha value is -3.45.